The third-order valence-electron chi connectivity index (χ3n) is 5.30. The van der Waals surface area contributed by atoms with E-state index in [0.29, 0.717) is 5.92 Å². The van der Waals surface area contributed by atoms with Crippen molar-refractivity contribution in [3.63, 3.8) is 0 Å². The first-order valence-electron chi connectivity index (χ1n) is 7.09. The van der Waals surface area contributed by atoms with Gasteiger partial charge in [0.05, 0.1) is 0 Å². The Labute approximate surface area is 112 Å². The average molecular weight is 242 g/mol. The predicted octanol–water partition coefficient (Wildman–Crippen LogP) is 5.45. The lowest BCUT2D eigenvalue weighted by Gasteiger charge is -2.43. The van der Waals surface area contributed by atoms with Gasteiger partial charge in [-0.2, -0.15) is 0 Å². The van der Waals surface area contributed by atoms with Gasteiger partial charge >= 0.3 is 0 Å². The zero-order valence-corrected chi connectivity index (χ0v) is 12.5. The first kappa shape index (κ1) is 13.4. The molecule has 0 N–H and O–H groups in total. The van der Waals surface area contributed by atoms with Crippen LogP contribution in [0.2, 0.25) is 0 Å². The maximum absolute atomic E-state index is 2.41. The van der Waals surface area contributed by atoms with Gasteiger partial charge in [0.25, 0.3) is 0 Å². The van der Waals surface area contributed by atoms with E-state index in [4.69, 9.17) is 0 Å². The Morgan fingerprint density at radius 2 is 1.67 bits per heavy atom. The molecule has 98 valence electrons. The third-order valence-corrected chi connectivity index (χ3v) is 5.30. The van der Waals surface area contributed by atoms with Crippen molar-refractivity contribution in [2.24, 2.45) is 16.7 Å². The van der Waals surface area contributed by atoms with E-state index in [-0.39, 0.29) is 10.8 Å². The quantitative estimate of drug-likeness (QED) is 0.536. The molecule has 0 heterocycles. The van der Waals surface area contributed by atoms with Crippen LogP contribution in [0.25, 0.3) is 0 Å². The van der Waals surface area contributed by atoms with Crippen LogP contribution in [0.4, 0.5) is 0 Å². The van der Waals surface area contributed by atoms with Crippen LogP contribution in [0, 0.1) is 16.7 Å². The number of rotatable bonds is 1. The molecule has 0 amide bonds. The smallest absolute Gasteiger partial charge is 0.0166 e. The largest absolute Gasteiger partial charge is 0.0876 e. The molecular weight excluding hydrogens is 216 g/mol. The molecule has 2 aliphatic rings. The van der Waals surface area contributed by atoms with E-state index < -0.39 is 0 Å². The van der Waals surface area contributed by atoms with E-state index in [1.165, 1.54) is 12.8 Å². The Kier molecular flexibility index (Phi) is 3.40. The molecule has 2 aliphatic carbocycles. The van der Waals surface area contributed by atoms with Gasteiger partial charge in [0.1, 0.15) is 0 Å². The normalized spacial score (nSPS) is 26.5. The first-order chi connectivity index (χ1) is 8.36. The summed E-state index contributed by atoms with van der Waals surface area (Å²) < 4.78 is 0. The standard InChI is InChI=1S/C18H26/c1-14-16(15-10-6-7-11-15)12-8-9-13-17(2,3)18(14,4)5/h6-7,9-11,13,15H,8,12H2,1-5H3. The Morgan fingerprint density at radius 1 is 1.06 bits per heavy atom. The van der Waals surface area contributed by atoms with E-state index in [1.54, 1.807) is 11.1 Å². The number of allylic oxidation sites excluding steroid dienone is 8. The van der Waals surface area contributed by atoms with Gasteiger partial charge in [0, 0.05) is 5.92 Å². The number of hydrogen-bond acceptors (Lipinski definition) is 0. The first-order valence-corrected chi connectivity index (χ1v) is 7.09. The van der Waals surface area contributed by atoms with Crippen molar-refractivity contribution in [3.8, 4) is 0 Å². The van der Waals surface area contributed by atoms with Crippen LogP contribution in [0.1, 0.15) is 47.5 Å². The van der Waals surface area contributed by atoms with Crippen LogP contribution < -0.4 is 0 Å². The van der Waals surface area contributed by atoms with Crippen LogP contribution in [0.5, 0.6) is 0 Å². The van der Waals surface area contributed by atoms with Crippen LogP contribution in [-0.2, 0) is 0 Å². The summed E-state index contributed by atoms with van der Waals surface area (Å²) in [5.74, 6) is 0.534. The maximum Gasteiger partial charge on any atom is 0.0166 e. The lowest BCUT2D eigenvalue weighted by molar-refractivity contribution is 0.210. The molecule has 0 aliphatic heterocycles. The summed E-state index contributed by atoms with van der Waals surface area (Å²) in [5, 5.41) is 0. The molecule has 0 bridgehead atoms. The van der Waals surface area contributed by atoms with Gasteiger partial charge in [-0.1, -0.05) is 75.3 Å². The molecule has 0 aromatic carbocycles. The zero-order chi connectivity index (χ0) is 13.4. The highest BCUT2D eigenvalue weighted by Gasteiger charge is 2.38. The molecule has 0 atom stereocenters. The van der Waals surface area contributed by atoms with Gasteiger partial charge in [-0.15, -0.1) is 0 Å². The molecule has 18 heavy (non-hydrogen) atoms. The second-order valence-corrected chi connectivity index (χ2v) is 6.73. The minimum atomic E-state index is 0.212. The van der Waals surface area contributed by atoms with E-state index in [0.717, 1.165) is 0 Å². The molecule has 2 rings (SSSR count). The number of hydrogen-bond donors (Lipinski definition) is 0. The lowest BCUT2D eigenvalue weighted by Crippen LogP contribution is -2.33. The van der Waals surface area contributed by atoms with Gasteiger partial charge in [-0.3, -0.25) is 0 Å². The Morgan fingerprint density at radius 3 is 2.28 bits per heavy atom. The van der Waals surface area contributed by atoms with Gasteiger partial charge in [-0.05, 0) is 30.6 Å². The summed E-state index contributed by atoms with van der Waals surface area (Å²) in [4.78, 5) is 0. The average Bonchev–Trinajstić information content (AvgIpc) is 2.80. The van der Waals surface area contributed by atoms with E-state index in [2.05, 4.69) is 71.1 Å². The van der Waals surface area contributed by atoms with Crippen molar-refractivity contribution in [1.29, 1.82) is 0 Å². The van der Waals surface area contributed by atoms with Gasteiger partial charge in [-0.25, -0.2) is 0 Å². The molecule has 0 fully saturated rings. The minimum Gasteiger partial charge on any atom is -0.0876 e. The molecule has 0 saturated heterocycles. The molecule has 0 unspecified atom stereocenters. The topological polar surface area (TPSA) is 0 Å². The van der Waals surface area contributed by atoms with Crippen molar-refractivity contribution < 1.29 is 0 Å². The summed E-state index contributed by atoms with van der Waals surface area (Å²) in [5.41, 5.74) is 3.64. The molecule has 0 heteroatoms. The van der Waals surface area contributed by atoms with Gasteiger partial charge < -0.3 is 0 Å². The monoisotopic (exact) mass is 242 g/mol. The fourth-order valence-corrected chi connectivity index (χ4v) is 2.98. The second-order valence-electron chi connectivity index (χ2n) is 6.73. The third kappa shape index (κ3) is 2.13. The molecule has 0 aromatic heterocycles. The van der Waals surface area contributed by atoms with E-state index in [1.807, 2.05) is 0 Å². The molecule has 0 radical (unpaired) electrons. The fourth-order valence-electron chi connectivity index (χ4n) is 2.98. The fraction of sp³-hybridized carbons (Fsp3) is 0.556. The van der Waals surface area contributed by atoms with Gasteiger partial charge in [0.15, 0.2) is 0 Å². The van der Waals surface area contributed by atoms with Crippen molar-refractivity contribution in [1.82, 2.24) is 0 Å². The summed E-state index contributed by atoms with van der Waals surface area (Å²) in [6, 6.07) is 0. The van der Waals surface area contributed by atoms with Crippen LogP contribution >= 0.6 is 0 Å². The highest BCUT2D eigenvalue weighted by Crippen LogP contribution is 2.49. The molecule has 0 aromatic rings. The second kappa shape index (κ2) is 4.57. The van der Waals surface area contributed by atoms with Crippen LogP contribution in [0.15, 0.2) is 47.6 Å². The highest BCUT2D eigenvalue weighted by atomic mass is 14.4. The Bertz CT molecular complexity index is 427. The highest BCUT2D eigenvalue weighted by molar-refractivity contribution is 5.35. The van der Waals surface area contributed by atoms with E-state index in [9.17, 15) is 0 Å². The Hall–Kier alpha value is -1.04. The van der Waals surface area contributed by atoms with Crippen molar-refractivity contribution >= 4 is 0 Å². The van der Waals surface area contributed by atoms with E-state index >= 15 is 0 Å². The summed E-state index contributed by atoms with van der Waals surface area (Å²) in [6.45, 7) is 11.8. The summed E-state index contributed by atoms with van der Waals surface area (Å²) >= 11 is 0. The Balaban J connectivity index is 2.47. The molecule has 0 saturated carbocycles. The predicted molar refractivity (Wildman–Crippen MR) is 80.4 cm³/mol. The zero-order valence-electron chi connectivity index (χ0n) is 12.5. The molecule has 0 spiro atoms. The minimum absolute atomic E-state index is 0.212. The summed E-state index contributed by atoms with van der Waals surface area (Å²) in [7, 11) is 0. The van der Waals surface area contributed by atoms with Gasteiger partial charge in [0.2, 0.25) is 0 Å². The van der Waals surface area contributed by atoms with Crippen LogP contribution in [0.3, 0.4) is 0 Å². The van der Waals surface area contributed by atoms with Crippen molar-refractivity contribution in [2.75, 3.05) is 0 Å². The van der Waals surface area contributed by atoms with Crippen LogP contribution in [-0.4, -0.2) is 0 Å². The lowest BCUT2D eigenvalue weighted by atomic mass is 9.61. The van der Waals surface area contributed by atoms with Crippen molar-refractivity contribution in [3.05, 3.63) is 47.6 Å². The summed E-state index contributed by atoms with van der Waals surface area (Å²) in [6.07, 6.45) is 16.2. The molecular formula is C18H26. The molecule has 0 nitrogen and oxygen atoms in total. The SMILES string of the molecule is CC1=C(C2C=CC=C2)CCC=CC(C)(C)C1(C)C. The maximum atomic E-state index is 2.41. The van der Waals surface area contributed by atoms with Crippen molar-refractivity contribution in [2.45, 2.75) is 47.5 Å².